The fourth-order valence-corrected chi connectivity index (χ4v) is 4.84. The Morgan fingerprint density at radius 2 is 1.74 bits per heavy atom. The molecule has 1 saturated carbocycles. The van der Waals surface area contributed by atoms with Gasteiger partial charge in [0.2, 0.25) is 15.9 Å². The van der Waals surface area contributed by atoms with Crippen molar-refractivity contribution in [2.75, 3.05) is 36.6 Å². The van der Waals surface area contributed by atoms with Gasteiger partial charge in [0.05, 0.1) is 37.4 Å². The van der Waals surface area contributed by atoms with Gasteiger partial charge in [-0.25, -0.2) is 8.42 Å². The maximum atomic E-state index is 12.9. The Morgan fingerprint density at radius 1 is 1.03 bits per heavy atom. The van der Waals surface area contributed by atoms with Crippen molar-refractivity contribution < 1.29 is 27.5 Å². The summed E-state index contributed by atoms with van der Waals surface area (Å²) in [6.45, 7) is -0.513. The molecule has 1 aliphatic rings. The zero-order valence-electron chi connectivity index (χ0n) is 19.7. The van der Waals surface area contributed by atoms with Crippen LogP contribution in [-0.2, 0) is 14.8 Å². The lowest BCUT2D eigenvalue weighted by Crippen LogP contribution is -2.39. The first-order chi connectivity index (χ1) is 16.2. The van der Waals surface area contributed by atoms with Gasteiger partial charge in [-0.1, -0.05) is 31.4 Å². The van der Waals surface area contributed by atoms with Crippen molar-refractivity contribution in [1.82, 2.24) is 5.32 Å². The fourth-order valence-electron chi connectivity index (χ4n) is 3.99. The molecular formula is C24H31N3O6S. The van der Waals surface area contributed by atoms with Crippen molar-refractivity contribution in [2.45, 2.75) is 38.1 Å². The number of para-hydroxylation sites is 1. The van der Waals surface area contributed by atoms with Crippen LogP contribution in [0.5, 0.6) is 11.5 Å². The predicted molar refractivity (Wildman–Crippen MR) is 131 cm³/mol. The molecule has 0 aliphatic heterocycles. The molecule has 34 heavy (non-hydrogen) atoms. The second-order valence-corrected chi connectivity index (χ2v) is 10.1. The Kier molecular flexibility index (Phi) is 8.38. The van der Waals surface area contributed by atoms with Crippen LogP contribution in [0.4, 0.5) is 11.4 Å². The van der Waals surface area contributed by atoms with E-state index in [0.717, 1.165) is 36.2 Å². The van der Waals surface area contributed by atoms with Gasteiger partial charge in [-0.15, -0.1) is 0 Å². The molecule has 0 atom stereocenters. The molecule has 2 amide bonds. The molecule has 0 radical (unpaired) electrons. The van der Waals surface area contributed by atoms with Crippen LogP contribution in [0.1, 0.15) is 42.5 Å². The molecule has 1 fully saturated rings. The molecule has 184 valence electrons. The minimum absolute atomic E-state index is 0.117. The molecule has 9 nitrogen and oxygen atoms in total. The van der Waals surface area contributed by atoms with E-state index < -0.39 is 22.5 Å². The Balaban J connectivity index is 1.81. The van der Waals surface area contributed by atoms with Gasteiger partial charge in [-0.05, 0) is 37.1 Å². The summed E-state index contributed by atoms with van der Waals surface area (Å²) in [4.78, 5) is 25.8. The summed E-state index contributed by atoms with van der Waals surface area (Å²) in [5.41, 5.74) is 0.806. The van der Waals surface area contributed by atoms with E-state index in [0.29, 0.717) is 17.0 Å². The standard InChI is InChI=1S/C24H31N3O6S/c1-32-18-13-14-22(33-2)21(15-18)27(34(3,30)31)16-23(28)26-20-12-8-7-11-19(20)24(29)25-17-9-5-4-6-10-17/h7-8,11-15,17H,4-6,9-10,16H2,1-3H3,(H,25,29)(H,26,28). The molecule has 3 rings (SSSR count). The lowest BCUT2D eigenvalue weighted by molar-refractivity contribution is -0.114. The first kappa shape index (κ1) is 25.4. The van der Waals surface area contributed by atoms with Gasteiger partial charge in [0.1, 0.15) is 18.0 Å². The van der Waals surface area contributed by atoms with E-state index in [1.54, 1.807) is 36.4 Å². The minimum atomic E-state index is -3.85. The largest absolute Gasteiger partial charge is 0.497 e. The van der Waals surface area contributed by atoms with Crippen molar-refractivity contribution >= 4 is 33.2 Å². The van der Waals surface area contributed by atoms with Crippen LogP contribution >= 0.6 is 0 Å². The van der Waals surface area contributed by atoms with Gasteiger partial charge in [-0.3, -0.25) is 13.9 Å². The third-order valence-electron chi connectivity index (χ3n) is 5.73. The highest BCUT2D eigenvalue weighted by molar-refractivity contribution is 7.92. The number of methoxy groups -OCH3 is 2. The topological polar surface area (TPSA) is 114 Å². The van der Waals surface area contributed by atoms with Crippen LogP contribution in [-0.4, -0.2) is 53.3 Å². The zero-order valence-corrected chi connectivity index (χ0v) is 20.5. The van der Waals surface area contributed by atoms with Crippen molar-refractivity contribution in [3.63, 3.8) is 0 Å². The normalized spacial score (nSPS) is 14.2. The number of hydrogen-bond acceptors (Lipinski definition) is 6. The summed E-state index contributed by atoms with van der Waals surface area (Å²) in [7, 11) is -0.984. The first-order valence-electron chi connectivity index (χ1n) is 11.1. The molecule has 0 aromatic heterocycles. The summed E-state index contributed by atoms with van der Waals surface area (Å²) in [5, 5.41) is 5.73. The van der Waals surface area contributed by atoms with E-state index in [9.17, 15) is 18.0 Å². The zero-order chi connectivity index (χ0) is 24.7. The second kappa shape index (κ2) is 11.2. The molecule has 0 spiro atoms. The highest BCUT2D eigenvalue weighted by Gasteiger charge is 2.26. The third-order valence-corrected chi connectivity index (χ3v) is 6.85. The van der Waals surface area contributed by atoms with Gasteiger partial charge in [0, 0.05) is 12.1 Å². The summed E-state index contributed by atoms with van der Waals surface area (Å²) in [5.74, 6) is -0.189. The number of nitrogens with one attached hydrogen (secondary N) is 2. The average molecular weight is 490 g/mol. The minimum Gasteiger partial charge on any atom is -0.497 e. The monoisotopic (exact) mass is 489 g/mol. The number of ether oxygens (including phenoxy) is 2. The van der Waals surface area contributed by atoms with Crippen molar-refractivity contribution in [2.24, 2.45) is 0 Å². The van der Waals surface area contributed by atoms with E-state index in [1.165, 1.54) is 26.7 Å². The fraction of sp³-hybridized carbons (Fsp3) is 0.417. The van der Waals surface area contributed by atoms with Crippen molar-refractivity contribution in [3.8, 4) is 11.5 Å². The lowest BCUT2D eigenvalue weighted by atomic mass is 9.95. The van der Waals surface area contributed by atoms with E-state index in [2.05, 4.69) is 10.6 Å². The van der Waals surface area contributed by atoms with Crippen LogP contribution in [0.15, 0.2) is 42.5 Å². The van der Waals surface area contributed by atoms with Gasteiger partial charge in [0.15, 0.2) is 0 Å². The Labute approximate surface area is 200 Å². The van der Waals surface area contributed by atoms with Crippen molar-refractivity contribution in [1.29, 1.82) is 0 Å². The van der Waals surface area contributed by atoms with Crippen LogP contribution in [0.3, 0.4) is 0 Å². The molecule has 0 unspecified atom stereocenters. The molecule has 0 bridgehead atoms. The number of nitrogens with zero attached hydrogens (tertiary/aromatic N) is 1. The number of sulfonamides is 1. The summed E-state index contributed by atoms with van der Waals surface area (Å²) >= 11 is 0. The molecule has 1 aliphatic carbocycles. The molecule has 2 aromatic carbocycles. The van der Waals surface area contributed by atoms with Crippen LogP contribution in [0.25, 0.3) is 0 Å². The average Bonchev–Trinajstić information content (AvgIpc) is 2.82. The number of anilines is 2. The number of carbonyl (C=O) groups is 2. The molecule has 2 N–H and O–H groups in total. The summed E-state index contributed by atoms with van der Waals surface area (Å²) in [6, 6.07) is 11.5. The molecular weight excluding hydrogens is 458 g/mol. The summed E-state index contributed by atoms with van der Waals surface area (Å²) in [6.07, 6.45) is 6.22. The second-order valence-electron chi connectivity index (χ2n) is 8.21. The number of benzene rings is 2. The highest BCUT2D eigenvalue weighted by Crippen LogP contribution is 2.33. The smallest absolute Gasteiger partial charge is 0.253 e. The Hall–Kier alpha value is -3.27. The molecule has 0 heterocycles. The lowest BCUT2D eigenvalue weighted by Gasteiger charge is -2.25. The van der Waals surface area contributed by atoms with Gasteiger partial charge >= 0.3 is 0 Å². The Morgan fingerprint density at radius 3 is 2.38 bits per heavy atom. The van der Waals surface area contributed by atoms with Gasteiger partial charge in [0.25, 0.3) is 5.91 Å². The number of hydrogen-bond donors (Lipinski definition) is 2. The van der Waals surface area contributed by atoms with Crippen LogP contribution < -0.4 is 24.4 Å². The molecule has 2 aromatic rings. The third kappa shape index (κ3) is 6.40. The van der Waals surface area contributed by atoms with E-state index in [1.807, 2.05) is 0 Å². The number of rotatable bonds is 9. The SMILES string of the molecule is COc1ccc(OC)c(N(CC(=O)Nc2ccccc2C(=O)NC2CCCCC2)S(C)(=O)=O)c1. The molecule has 0 saturated heterocycles. The number of amides is 2. The maximum absolute atomic E-state index is 12.9. The number of carbonyl (C=O) groups excluding carboxylic acids is 2. The van der Waals surface area contributed by atoms with Gasteiger partial charge in [-0.2, -0.15) is 0 Å². The highest BCUT2D eigenvalue weighted by atomic mass is 32.2. The van der Waals surface area contributed by atoms with Crippen molar-refractivity contribution in [3.05, 3.63) is 48.0 Å². The Bertz CT molecular complexity index is 1130. The maximum Gasteiger partial charge on any atom is 0.253 e. The first-order valence-corrected chi connectivity index (χ1v) is 13.0. The quantitative estimate of drug-likeness (QED) is 0.559. The van der Waals surface area contributed by atoms with E-state index >= 15 is 0 Å². The van der Waals surface area contributed by atoms with Crippen LogP contribution in [0.2, 0.25) is 0 Å². The van der Waals surface area contributed by atoms with E-state index in [4.69, 9.17) is 9.47 Å². The molecule has 10 heteroatoms. The summed E-state index contributed by atoms with van der Waals surface area (Å²) < 4.78 is 36.6. The van der Waals surface area contributed by atoms with Crippen LogP contribution in [0, 0.1) is 0 Å². The van der Waals surface area contributed by atoms with E-state index in [-0.39, 0.29) is 23.4 Å². The predicted octanol–water partition coefficient (Wildman–Crippen LogP) is 3.17. The van der Waals surface area contributed by atoms with Gasteiger partial charge < -0.3 is 20.1 Å².